The molecular formula is C30H36O7. The minimum Gasteiger partial charge on any atom is -0.508 e. The molecule has 0 amide bonds. The van der Waals surface area contributed by atoms with E-state index in [2.05, 4.69) is 12.7 Å². The van der Waals surface area contributed by atoms with E-state index in [1.807, 2.05) is 40.7 Å². The molecule has 2 aromatic rings. The maximum Gasteiger partial charge on any atom is 0.174 e. The number of hydrogen-bond donors (Lipinski definition) is 5. The number of rotatable bonds is 8. The first-order valence-electron chi connectivity index (χ1n) is 12.3. The highest BCUT2D eigenvalue weighted by Crippen LogP contribution is 2.51. The van der Waals surface area contributed by atoms with Gasteiger partial charge in [0.15, 0.2) is 5.78 Å². The van der Waals surface area contributed by atoms with E-state index in [0.717, 1.165) is 28.9 Å². The first kappa shape index (κ1) is 27.7. The van der Waals surface area contributed by atoms with Crippen molar-refractivity contribution in [2.45, 2.75) is 66.4 Å². The largest absolute Gasteiger partial charge is 0.508 e. The van der Waals surface area contributed by atoms with Crippen LogP contribution in [0.1, 0.15) is 80.6 Å². The molecule has 0 unspecified atom stereocenters. The predicted molar refractivity (Wildman–Crippen MR) is 143 cm³/mol. The molecule has 1 aliphatic rings. The lowest BCUT2D eigenvalue weighted by atomic mass is 9.84. The van der Waals surface area contributed by atoms with Crippen LogP contribution in [-0.4, -0.2) is 31.3 Å². The third-order valence-electron chi connectivity index (χ3n) is 6.62. The number of carbonyl (C=O) groups excluding carboxylic acids is 1. The number of ether oxygens (including phenoxy) is 1. The molecule has 37 heavy (non-hydrogen) atoms. The number of allylic oxidation sites excluding steroid dienone is 5. The SMILES string of the molecule is C=C(C)[C@H](CC=C(C)C)Cc1c(O)c(CC=C(C)C)c(O)c2c1O[C@H](c1c(O)cc(O)cc1O)CC2=O. The van der Waals surface area contributed by atoms with Gasteiger partial charge >= 0.3 is 0 Å². The van der Waals surface area contributed by atoms with Gasteiger partial charge in [0.1, 0.15) is 46.2 Å². The van der Waals surface area contributed by atoms with Crippen molar-refractivity contribution in [1.29, 1.82) is 0 Å². The second-order valence-corrected chi connectivity index (χ2v) is 10.2. The van der Waals surface area contributed by atoms with Crippen molar-refractivity contribution in [1.82, 2.24) is 0 Å². The summed E-state index contributed by atoms with van der Waals surface area (Å²) >= 11 is 0. The van der Waals surface area contributed by atoms with Crippen LogP contribution in [0.15, 0.2) is 47.6 Å². The van der Waals surface area contributed by atoms with Crippen LogP contribution < -0.4 is 4.74 Å². The molecule has 0 saturated heterocycles. The summed E-state index contributed by atoms with van der Waals surface area (Å²) in [5.74, 6) is -2.23. The van der Waals surface area contributed by atoms with Crippen molar-refractivity contribution in [2.75, 3.05) is 0 Å². The van der Waals surface area contributed by atoms with Crippen LogP contribution in [-0.2, 0) is 12.8 Å². The van der Waals surface area contributed by atoms with E-state index in [9.17, 15) is 30.3 Å². The summed E-state index contributed by atoms with van der Waals surface area (Å²) in [5, 5.41) is 53.0. The molecule has 198 valence electrons. The Morgan fingerprint density at radius 3 is 2.11 bits per heavy atom. The third kappa shape index (κ3) is 5.93. The van der Waals surface area contributed by atoms with E-state index in [1.165, 1.54) is 0 Å². The van der Waals surface area contributed by atoms with Gasteiger partial charge < -0.3 is 30.3 Å². The van der Waals surface area contributed by atoms with Crippen LogP contribution >= 0.6 is 0 Å². The Kier molecular flexibility index (Phi) is 8.26. The Balaban J connectivity index is 2.22. The summed E-state index contributed by atoms with van der Waals surface area (Å²) in [7, 11) is 0. The molecule has 7 nitrogen and oxygen atoms in total. The molecule has 0 saturated carbocycles. The Hall–Kier alpha value is -3.87. The normalized spacial score (nSPS) is 15.4. The molecule has 0 radical (unpaired) electrons. The predicted octanol–water partition coefficient (Wildman–Crippen LogP) is 6.52. The quantitative estimate of drug-likeness (QED) is 0.257. The van der Waals surface area contributed by atoms with E-state index in [0.29, 0.717) is 18.4 Å². The third-order valence-corrected chi connectivity index (χ3v) is 6.62. The summed E-state index contributed by atoms with van der Waals surface area (Å²) in [5.41, 5.74) is 3.52. The van der Waals surface area contributed by atoms with Gasteiger partial charge in [0.2, 0.25) is 0 Å². The number of phenolic OH excluding ortho intramolecular Hbond substituents is 5. The highest BCUT2D eigenvalue weighted by atomic mass is 16.5. The molecule has 2 atom stereocenters. The van der Waals surface area contributed by atoms with Gasteiger partial charge in [0.25, 0.3) is 0 Å². The topological polar surface area (TPSA) is 127 Å². The first-order chi connectivity index (χ1) is 17.3. The van der Waals surface area contributed by atoms with E-state index in [4.69, 9.17) is 4.74 Å². The lowest BCUT2D eigenvalue weighted by molar-refractivity contribution is 0.0835. The van der Waals surface area contributed by atoms with Gasteiger partial charge in [0.05, 0.1) is 12.0 Å². The summed E-state index contributed by atoms with van der Waals surface area (Å²) in [6, 6.07) is 2.10. The molecule has 0 aromatic heterocycles. The van der Waals surface area contributed by atoms with Gasteiger partial charge in [-0.15, -0.1) is 0 Å². The Morgan fingerprint density at radius 2 is 1.57 bits per heavy atom. The van der Waals surface area contributed by atoms with E-state index in [1.54, 1.807) is 0 Å². The molecule has 0 fully saturated rings. The molecule has 2 aromatic carbocycles. The summed E-state index contributed by atoms with van der Waals surface area (Å²) < 4.78 is 6.17. The van der Waals surface area contributed by atoms with E-state index < -0.39 is 23.4 Å². The fraction of sp³-hybridized carbons (Fsp3) is 0.367. The van der Waals surface area contributed by atoms with Crippen molar-refractivity contribution in [3.63, 3.8) is 0 Å². The molecule has 0 bridgehead atoms. The number of ketones is 1. The molecule has 5 N–H and O–H groups in total. The zero-order valence-electron chi connectivity index (χ0n) is 22.1. The van der Waals surface area contributed by atoms with Gasteiger partial charge in [-0.2, -0.15) is 0 Å². The summed E-state index contributed by atoms with van der Waals surface area (Å²) in [4.78, 5) is 13.4. The number of phenols is 5. The number of benzene rings is 2. The highest BCUT2D eigenvalue weighted by Gasteiger charge is 2.38. The second kappa shape index (κ2) is 11.0. The lowest BCUT2D eigenvalue weighted by Crippen LogP contribution is -2.23. The fourth-order valence-electron chi connectivity index (χ4n) is 4.53. The van der Waals surface area contributed by atoms with Crippen molar-refractivity contribution < 1.29 is 35.1 Å². The Morgan fingerprint density at radius 1 is 0.973 bits per heavy atom. The monoisotopic (exact) mass is 508 g/mol. The average Bonchev–Trinajstić information content (AvgIpc) is 2.76. The second-order valence-electron chi connectivity index (χ2n) is 10.2. The average molecular weight is 509 g/mol. The zero-order valence-corrected chi connectivity index (χ0v) is 22.1. The molecule has 1 heterocycles. The highest BCUT2D eigenvalue weighted by molar-refractivity contribution is 6.04. The van der Waals surface area contributed by atoms with Gasteiger partial charge in [-0.05, 0) is 59.8 Å². The van der Waals surface area contributed by atoms with Crippen molar-refractivity contribution in [2.24, 2.45) is 5.92 Å². The minimum atomic E-state index is -1.09. The molecule has 3 rings (SSSR count). The van der Waals surface area contributed by atoms with E-state index in [-0.39, 0.29) is 58.4 Å². The van der Waals surface area contributed by atoms with Crippen LogP contribution in [0.4, 0.5) is 0 Å². The smallest absolute Gasteiger partial charge is 0.174 e. The number of hydrogen-bond acceptors (Lipinski definition) is 7. The van der Waals surface area contributed by atoms with Crippen molar-refractivity contribution in [3.8, 4) is 34.5 Å². The molecular weight excluding hydrogens is 472 g/mol. The summed E-state index contributed by atoms with van der Waals surface area (Å²) in [6.45, 7) is 13.8. The first-order valence-corrected chi connectivity index (χ1v) is 12.3. The zero-order chi connectivity index (χ0) is 27.6. The van der Waals surface area contributed by atoms with Crippen molar-refractivity contribution >= 4 is 5.78 Å². The molecule has 7 heteroatoms. The van der Waals surface area contributed by atoms with Crippen molar-refractivity contribution in [3.05, 3.63) is 69.8 Å². The fourth-order valence-corrected chi connectivity index (χ4v) is 4.53. The number of fused-ring (bicyclic) bond motifs is 1. The number of Topliss-reactive ketones (excluding diaryl/α,β-unsaturated/α-hetero) is 1. The maximum atomic E-state index is 13.4. The maximum absolute atomic E-state index is 13.4. The molecule has 0 spiro atoms. The van der Waals surface area contributed by atoms with Gasteiger partial charge in [-0.25, -0.2) is 0 Å². The number of carbonyl (C=O) groups is 1. The van der Waals surface area contributed by atoms with Gasteiger partial charge in [0, 0.05) is 23.3 Å². The Labute approximate surface area is 217 Å². The summed E-state index contributed by atoms with van der Waals surface area (Å²) in [6.07, 6.45) is 3.75. The molecule has 1 aliphatic heterocycles. The van der Waals surface area contributed by atoms with Crippen LogP contribution in [0, 0.1) is 5.92 Å². The van der Waals surface area contributed by atoms with Gasteiger partial charge in [-0.3, -0.25) is 4.79 Å². The standard InChI is InChI=1S/C30H36O7/c1-15(2)7-9-18(17(5)6)11-21-28(35)20(10-8-16(3)4)29(36)27-24(34)14-25(37-30(21)27)26-22(32)12-19(31)13-23(26)33/h7-8,12-13,18,25,31-33,35-36H,5,9-11,14H2,1-4,6H3/t18-,25+/m1/s1. The number of aromatic hydroxyl groups is 5. The Bertz CT molecular complexity index is 1270. The molecule has 0 aliphatic carbocycles. The van der Waals surface area contributed by atoms with E-state index >= 15 is 0 Å². The van der Waals surface area contributed by atoms with Gasteiger partial charge in [-0.1, -0.05) is 35.5 Å². The van der Waals surface area contributed by atoms with Crippen LogP contribution in [0.25, 0.3) is 0 Å². The minimum absolute atomic E-state index is 0.0209. The van der Waals surface area contributed by atoms with Crippen LogP contribution in [0.2, 0.25) is 0 Å². The van der Waals surface area contributed by atoms with Crippen LogP contribution in [0.3, 0.4) is 0 Å². The lowest BCUT2D eigenvalue weighted by Gasteiger charge is -2.31. The van der Waals surface area contributed by atoms with Crippen LogP contribution in [0.5, 0.6) is 34.5 Å².